The van der Waals surface area contributed by atoms with Gasteiger partial charge in [-0.3, -0.25) is 4.79 Å². The highest BCUT2D eigenvalue weighted by Crippen LogP contribution is 2.30. The lowest BCUT2D eigenvalue weighted by molar-refractivity contribution is -0.274. The minimum atomic E-state index is -4.77. The van der Waals surface area contributed by atoms with Gasteiger partial charge in [0.15, 0.2) is 5.78 Å². The Morgan fingerprint density at radius 2 is 1.94 bits per heavy atom. The van der Waals surface area contributed by atoms with Crippen molar-refractivity contribution in [2.24, 2.45) is 0 Å². The largest absolute Gasteiger partial charge is 0.573 e. The molecule has 0 aliphatic heterocycles. The van der Waals surface area contributed by atoms with Gasteiger partial charge in [0.05, 0.1) is 5.02 Å². The number of halogens is 4. The van der Waals surface area contributed by atoms with E-state index >= 15 is 0 Å². The van der Waals surface area contributed by atoms with E-state index in [1.54, 1.807) is 0 Å². The zero-order chi connectivity index (χ0) is 12.5. The fourth-order valence-electron chi connectivity index (χ4n) is 1.35. The predicted molar refractivity (Wildman–Crippen MR) is 52.9 cm³/mol. The number of aryl methyl sites for hydroxylation is 1. The molecule has 0 aromatic heterocycles. The molecule has 0 bridgehead atoms. The maximum absolute atomic E-state index is 11.9. The summed E-state index contributed by atoms with van der Waals surface area (Å²) in [6.07, 6.45) is -4.77. The molecule has 2 nitrogen and oxygen atoms in total. The van der Waals surface area contributed by atoms with Gasteiger partial charge in [-0.25, -0.2) is 0 Å². The van der Waals surface area contributed by atoms with Crippen molar-refractivity contribution in [2.75, 3.05) is 0 Å². The molecule has 88 valence electrons. The number of Topliss-reactive ketones (excluding diaryl/α,β-unsaturated/α-hetero) is 1. The molecule has 0 heterocycles. The lowest BCUT2D eigenvalue weighted by Gasteiger charge is -2.12. The van der Waals surface area contributed by atoms with Gasteiger partial charge in [0.1, 0.15) is 5.75 Å². The van der Waals surface area contributed by atoms with Crippen molar-refractivity contribution >= 4 is 17.4 Å². The molecule has 0 atom stereocenters. The Kier molecular flexibility index (Phi) is 3.48. The van der Waals surface area contributed by atoms with Crippen molar-refractivity contribution in [3.63, 3.8) is 0 Å². The average Bonchev–Trinajstić information content (AvgIpc) is 1.96. The van der Waals surface area contributed by atoms with Crippen molar-refractivity contribution in [2.45, 2.75) is 20.2 Å². The molecule has 0 spiro atoms. The fraction of sp³-hybridized carbons (Fsp3) is 0.300. The Morgan fingerprint density at radius 3 is 2.31 bits per heavy atom. The highest BCUT2D eigenvalue weighted by molar-refractivity contribution is 6.34. The molecule has 1 aromatic carbocycles. The Hall–Kier alpha value is -1.23. The third-order valence-electron chi connectivity index (χ3n) is 1.85. The van der Waals surface area contributed by atoms with E-state index in [0.29, 0.717) is 5.56 Å². The van der Waals surface area contributed by atoms with Crippen molar-refractivity contribution in [3.8, 4) is 5.75 Å². The minimum Gasteiger partial charge on any atom is -0.406 e. The average molecular weight is 253 g/mol. The van der Waals surface area contributed by atoms with E-state index in [1.807, 2.05) is 0 Å². The number of hydrogen-bond acceptors (Lipinski definition) is 2. The summed E-state index contributed by atoms with van der Waals surface area (Å²) in [7, 11) is 0. The summed E-state index contributed by atoms with van der Waals surface area (Å²) < 4.78 is 39.5. The molecule has 0 unspecified atom stereocenters. The molecule has 16 heavy (non-hydrogen) atoms. The molecule has 6 heteroatoms. The standard InChI is InChI=1S/C10H8ClF3O2/c1-5-3-7(16-10(12,13)14)4-8(11)9(5)6(2)15/h3-4H,1-2H3. The SMILES string of the molecule is CC(=O)c1c(C)cc(OC(F)(F)F)cc1Cl. The van der Waals surface area contributed by atoms with E-state index in [4.69, 9.17) is 11.6 Å². The highest BCUT2D eigenvalue weighted by Gasteiger charge is 2.31. The summed E-state index contributed by atoms with van der Waals surface area (Å²) in [5.41, 5.74) is 0.551. The Labute approximate surface area is 95.0 Å². The molecule has 1 rings (SSSR count). The van der Waals surface area contributed by atoms with E-state index in [2.05, 4.69) is 4.74 Å². The molecule has 1 aromatic rings. The van der Waals surface area contributed by atoms with Crippen LogP contribution >= 0.6 is 11.6 Å². The second kappa shape index (κ2) is 4.33. The van der Waals surface area contributed by atoms with Crippen LogP contribution in [0, 0.1) is 6.92 Å². The number of carbonyl (C=O) groups is 1. The van der Waals surface area contributed by atoms with Gasteiger partial charge >= 0.3 is 6.36 Å². The number of carbonyl (C=O) groups excluding carboxylic acids is 1. The summed E-state index contributed by atoms with van der Waals surface area (Å²) in [4.78, 5) is 11.1. The molecule has 0 radical (unpaired) electrons. The summed E-state index contributed by atoms with van der Waals surface area (Å²) in [5, 5.41) is -0.0493. The van der Waals surface area contributed by atoms with Crippen LogP contribution in [-0.2, 0) is 0 Å². The first-order chi connectivity index (χ1) is 7.20. The maximum Gasteiger partial charge on any atom is 0.573 e. The number of ketones is 1. The second-order valence-electron chi connectivity index (χ2n) is 3.20. The van der Waals surface area contributed by atoms with Gasteiger partial charge in [-0.2, -0.15) is 0 Å². The van der Waals surface area contributed by atoms with Gasteiger partial charge in [-0.1, -0.05) is 11.6 Å². The van der Waals surface area contributed by atoms with Crippen molar-refractivity contribution < 1.29 is 22.7 Å². The number of ether oxygens (including phenoxy) is 1. The van der Waals surface area contributed by atoms with Crippen molar-refractivity contribution in [3.05, 3.63) is 28.3 Å². The van der Waals surface area contributed by atoms with Crippen LogP contribution in [-0.4, -0.2) is 12.1 Å². The first kappa shape index (κ1) is 12.8. The predicted octanol–water partition coefficient (Wildman–Crippen LogP) is 3.75. The highest BCUT2D eigenvalue weighted by atomic mass is 35.5. The van der Waals surface area contributed by atoms with E-state index in [9.17, 15) is 18.0 Å². The molecular weight excluding hydrogens is 245 g/mol. The molecule has 0 aliphatic rings. The zero-order valence-corrected chi connectivity index (χ0v) is 9.24. The van der Waals surface area contributed by atoms with Crippen LogP contribution < -0.4 is 4.74 Å². The van der Waals surface area contributed by atoms with Gasteiger partial charge in [0, 0.05) is 5.56 Å². The smallest absolute Gasteiger partial charge is 0.406 e. The Balaban J connectivity index is 3.15. The molecule has 0 aliphatic carbocycles. The quantitative estimate of drug-likeness (QED) is 0.750. The number of hydrogen-bond donors (Lipinski definition) is 0. The lowest BCUT2D eigenvalue weighted by Crippen LogP contribution is -2.17. The second-order valence-corrected chi connectivity index (χ2v) is 3.61. The molecule has 0 N–H and O–H groups in total. The first-order valence-corrected chi connectivity index (χ1v) is 4.65. The summed E-state index contributed by atoms with van der Waals surface area (Å²) in [6.45, 7) is 2.78. The van der Waals surface area contributed by atoms with E-state index in [1.165, 1.54) is 13.8 Å². The van der Waals surface area contributed by atoms with Crippen molar-refractivity contribution in [1.29, 1.82) is 0 Å². The van der Waals surface area contributed by atoms with Gasteiger partial charge in [-0.05, 0) is 31.5 Å². The third-order valence-corrected chi connectivity index (χ3v) is 2.14. The molecule has 0 fully saturated rings. The molecular formula is C10H8ClF3O2. The van der Waals surface area contributed by atoms with Gasteiger partial charge in [-0.15, -0.1) is 13.2 Å². The normalized spacial score (nSPS) is 11.4. The van der Waals surface area contributed by atoms with Gasteiger partial charge in [0.25, 0.3) is 0 Å². The fourth-order valence-corrected chi connectivity index (χ4v) is 1.74. The van der Waals surface area contributed by atoms with Gasteiger partial charge in [0.2, 0.25) is 0 Å². The molecule has 0 amide bonds. The maximum atomic E-state index is 11.9. The zero-order valence-electron chi connectivity index (χ0n) is 8.48. The molecule has 0 saturated carbocycles. The van der Waals surface area contributed by atoms with Crippen molar-refractivity contribution in [1.82, 2.24) is 0 Å². The minimum absolute atomic E-state index is 0.0493. The topological polar surface area (TPSA) is 26.3 Å². The Morgan fingerprint density at radius 1 is 1.38 bits per heavy atom. The molecule has 0 saturated heterocycles. The van der Waals surface area contributed by atoms with E-state index < -0.39 is 12.1 Å². The summed E-state index contributed by atoms with van der Waals surface area (Å²) >= 11 is 5.69. The Bertz CT molecular complexity index is 404. The van der Waals surface area contributed by atoms with Crippen LogP contribution in [0.4, 0.5) is 13.2 Å². The van der Waals surface area contributed by atoms with Crippen LogP contribution in [0.2, 0.25) is 5.02 Å². The van der Waals surface area contributed by atoms with Crippen LogP contribution in [0.1, 0.15) is 22.8 Å². The summed E-state index contributed by atoms with van der Waals surface area (Å²) in [5.74, 6) is -0.735. The van der Waals surface area contributed by atoms with E-state index in [0.717, 1.165) is 12.1 Å². The number of benzene rings is 1. The third kappa shape index (κ3) is 3.13. The first-order valence-electron chi connectivity index (χ1n) is 4.27. The van der Waals surface area contributed by atoms with Crippen LogP contribution in [0.15, 0.2) is 12.1 Å². The summed E-state index contributed by atoms with van der Waals surface area (Å²) in [6, 6.07) is 2.09. The van der Waals surface area contributed by atoms with Gasteiger partial charge < -0.3 is 4.74 Å². The number of alkyl halides is 3. The number of rotatable bonds is 2. The lowest BCUT2D eigenvalue weighted by atomic mass is 10.1. The van der Waals surface area contributed by atoms with Crippen LogP contribution in [0.5, 0.6) is 5.75 Å². The van der Waals surface area contributed by atoms with Crippen LogP contribution in [0.25, 0.3) is 0 Å². The monoisotopic (exact) mass is 252 g/mol. The van der Waals surface area contributed by atoms with E-state index in [-0.39, 0.29) is 16.4 Å². The van der Waals surface area contributed by atoms with Crippen LogP contribution in [0.3, 0.4) is 0 Å².